The van der Waals surface area contributed by atoms with E-state index in [9.17, 15) is 9.59 Å². The van der Waals surface area contributed by atoms with E-state index in [-0.39, 0.29) is 6.54 Å². The van der Waals surface area contributed by atoms with Gasteiger partial charge in [-0.3, -0.25) is 14.3 Å². The average molecular weight is 300 g/mol. The monoisotopic (exact) mass is 299 g/mol. The fourth-order valence-electron chi connectivity index (χ4n) is 1.43. The van der Waals surface area contributed by atoms with Crippen molar-refractivity contribution in [1.29, 1.82) is 0 Å². The predicted octanol–water partition coefficient (Wildman–Crippen LogP) is -0.0412. The number of nitrogens with zero attached hydrogens (tertiary/aromatic N) is 4. The second-order valence-corrected chi connectivity index (χ2v) is 4.21. The van der Waals surface area contributed by atoms with Crippen LogP contribution in [0.15, 0.2) is 26.6 Å². The molecule has 0 aliphatic carbocycles. The van der Waals surface area contributed by atoms with Crippen LogP contribution in [-0.2, 0) is 13.1 Å². The third-order valence-electron chi connectivity index (χ3n) is 2.27. The summed E-state index contributed by atoms with van der Waals surface area (Å²) in [4.78, 5) is 29.0. The van der Waals surface area contributed by atoms with Crippen LogP contribution >= 0.6 is 15.9 Å². The summed E-state index contributed by atoms with van der Waals surface area (Å²) in [5.74, 6) is 0.661. The van der Waals surface area contributed by atoms with Gasteiger partial charge < -0.3 is 0 Å². The Balaban J connectivity index is 2.40. The Morgan fingerprint density at radius 1 is 1.47 bits per heavy atom. The van der Waals surface area contributed by atoms with E-state index in [0.717, 1.165) is 0 Å². The molecule has 2 aromatic heterocycles. The Kier molecular flexibility index (Phi) is 3.23. The first-order valence-electron chi connectivity index (χ1n) is 4.97. The minimum absolute atomic E-state index is 0.266. The molecule has 0 fully saturated rings. The van der Waals surface area contributed by atoms with E-state index in [0.29, 0.717) is 16.8 Å². The van der Waals surface area contributed by atoms with Crippen molar-refractivity contribution in [2.75, 3.05) is 0 Å². The molecule has 2 aromatic rings. The summed E-state index contributed by atoms with van der Waals surface area (Å²) < 4.78 is 3.35. The molecule has 0 aliphatic rings. The SMILES string of the molecule is CCn1ncnc1Cn1cc(Br)c(=O)[nH]c1=O. The predicted molar refractivity (Wildman–Crippen MR) is 63.8 cm³/mol. The lowest BCUT2D eigenvalue weighted by atomic mass is 10.5. The van der Waals surface area contributed by atoms with E-state index >= 15 is 0 Å². The van der Waals surface area contributed by atoms with E-state index in [1.54, 1.807) is 4.68 Å². The molecule has 0 saturated carbocycles. The molecule has 7 nitrogen and oxygen atoms in total. The Morgan fingerprint density at radius 3 is 2.94 bits per heavy atom. The van der Waals surface area contributed by atoms with Gasteiger partial charge in [-0.1, -0.05) is 0 Å². The fourth-order valence-corrected chi connectivity index (χ4v) is 1.77. The first kappa shape index (κ1) is 11.8. The summed E-state index contributed by atoms with van der Waals surface area (Å²) in [5, 5.41) is 4.01. The maximum atomic E-state index is 11.5. The maximum Gasteiger partial charge on any atom is 0.328 e. The highest BCUT2D eigenvalue weighted by molar-refractivity contribution is 9.10. The molecular weight excluding hydrogens is 290 g/mol. The normalized spacial score (nSPS) is 10.7. The first-order chi connectivity index (χ1) is 8.11. The van der Waals surface area contributed by atoms with Crippen molar-refractivity contribution in [2.45, 2.75) is 20.0 Å². The van der Waals surface area contributed by atoms with Gasteiger partial charge in [0.25, 0.3) is 5.56 Å². The van der Waals surface area contributed by atoms with Gasteiger partial charge >= 0.3 is 5.69 Å². The van der Waals surface area contributed by atoms with Gasteiger partial charge in [-0.15, -0.1) is 0 Å². The van der Waals surface area contributed by atoms with E-state index in [4.69, 9.17) is 0 Å². The molecule has 0 atom stereocenters. The summed E-state index contributed by atoms with van der Waals surface area (Å²) in [6.07, 6.45) is 2.88. The Labute approximate surface area is 104 Å². The smallest absolute Gasteiger partial charge is 0.292 e. The van der Waals surface area contributed by atoms with E-state index in [1.165, 1.54) is 17.1 Å². The first-order valence-corrected chi connectivity index (χ1v) is 5.77. The number of aromatic amines is 1. The van der Waals surface area contributed by atoms with Crippen molar-refractivity contribution in [2.24, 2.45) is 0 Å². The molecule has 0 aliphatic heterocycles. The van der Waals surface area contributed by atoms with Crippen LogP contribution in [0.1, 0.15) is 12.7 Å². The number of nitrogens with one attached hydrogen (secondary N) is 1. The number of aromatic nitrogens is 5. The molecule has 0 saturated heterocycles. The van der Waals surface area contributed by atoms with Crippen LogP contribution in [0.25, 0.3) is 0 Å². The zero-order valence-corrected chi connectivity index (χ0v) is 10.6. The Morgan fingerprint density at radius 2 is 2.24 bits per heavy atom. The van der Waals surface area contributed by atoms with Gasteiger partial charge in [0.15, 0.2) is 0 Å². The number of halogens is 1. The molecule has 0 radical (unpaired) electrons. The molecule has 8 heteroatoms. The van der Waals surface area contributed by atoms with E-state index < -0.39 is 11.2 Å². The molecule has 2 rings (SSSR count). The van der Waals surface area contributed by atoms with Crippen LogP contribution in [0.3, 0.4) is 0 Å². The van der Waals surface area contributed by atoms with Gasteiger partial charge in [-0.25, -0.2) is 14.5 Å². The third-order valence-corrected chi connectivity index (χ3v) is 2.84. The average Bonchev–Trinajstić information content (AvgIpc) is 2.73. The number of aryl methyl sites for hydroxylation is 1. The standard InChI is InChI=1S/C9H10BrN5O2/c1-2-15-7(11-5-12-15)4-14-3-6(10)8(16)13-9(14)17/h3,5H,2,4H2,1H3,(H,13,16,17). The number of rotatable bonds is 3. The van der Waals surface area contributed by atoms with Gasteiger partial charge in [0.05, 0.1) is 11.0 Å². The van der Waals surface area contributed by atoms with Crippen LogP contribution in [0.4, 0.5) is 0 Å². The third kappa shape index (κ3) is 2.36. The molecule has 0 amide bonds. The molecule has 1 N–H and O–H groups in total. The highest BCUT2D eigenvalue weighted by Gasteiger charge is 2.07. The highest BCUT2D eigenvalue weighted by atomic mass is 79.9. The summed E-state index contributed by atoms with van der Waals surface area (Å²) in [7, 11) is 0. The molecule has 0 aromatic carbocycles. The lowest BCUT2D eigenvalue weighted by Gasteiger charge is -2.05. The van der Waals surface area contributed by atoms with Crippen molar-refractivity contribution in [3.05, 3.63) is 43.7 Å². The van der Waals surface area contributed by atoms with Gasteiger partial charge in [-0.2, -0.15) is 5.10 Å². The topological polar surface area (TPSA) is 85.6 Å². The summed E-state index contributed by atoms with van der Waals surface area (Å²) in [6, 6.07) is 0. The van der Waals surface area contributed by atoms with Crippen LogP contribution in [0.5, 0.6) is 0 Å². The molecule has 17 heavy (non-hydrogen) atoms. The second-order valence-electron chi connectivity index (χ2n) is 3.36. The zero-order valence-electron chi connectivity index (χ0n) is 9.05. The van der Waals surface area contributed by atoms with Crippen LogP contribution in [-0.4, -0.2) is 24.3 Å². The summed E-state index contributed by atoms with van der Waals surface area (Å²) in [5.41, 5.74) is -0.910. The molecule has 90 valence electrons. The Hall–Kier alpha value is -1.70. The van der Waals surface area contributed by atoms with E-state index in [1.807, 2.05) is 6.92 Å². The number of hydrogen-bond acceptors (Lipinski definition) is 4. The van der Waals surface area contributed by atoms with Gasteiger partial charge in [0, 0.05) is 12.7 Å². The lowest BCUT2D eigenvalue weighted by molar-refractivity contribution is 0.579. The van der Waals surface area contributed by atoms with Crippen LogP contribution in [0, 0.1) is 0 Å². The lowest BCUT2D eigenvalue weighted by Crippen LogP contribution is -2.30. The molecule has 2 heterocycles. The Bertz CT molecular complexity index is 641. The molecule has 0 unspecified atom stereocenters. The van der Waals surface area contributed by atoms with Crippen LogP contribution < -0.4 is 11.2 Å². The van der Waals surface area contributed by atoms with Gasteiger partial charge in [-0.05, 0) is 22.9 Å². The summed E-state index contributed by atoms with van der Waals surface area (Å²) >= 11 is 3.07. The van der Waals surface area contributed by atoms with Crippen molar-refractivity contribution >= 4 is 15.9 Å². The van der Waals surface area contributed by atoms with Crippen LogP contribution in [0.2, 0.25) is 0 Å². The minimum atomic E-state index is -0.469. The zero-order chi connectivity index (χ0) is 12.4. The van der Waals surface area contributed by atoms with Crippen molar-refractivity contribution < 1.29 is 0 Å². The van der Waals surface area contributed by atoms with Crippen molar-refractivity contribution in [3.63, 3.8) is 0 Å². The van der Waals surface area contributed by atoms with Crippen molar-refractivity contribution in [1.82, 2.24) is 24.3 Å². The molecular formula is C9H10BrN5O2. The molecule has 0 spiro atoms. The number of H-pyrrole nitrogens is 1. The quantitative estimate of drug-likeness (QED) is 0.862. The maximum absolute atomic E-state index is 11.5. The summed E-state index contributed by atoms with van der Waals surface area (Å²) in [6.45, 7) is 2.88. The van der Waals surface area contributed by atoms with Gasteiger partial charge in [0.1, 0.15) is 12.2 Å². The highest BCUT2D eigenvalue weighted by Crippen LogP contribution is 2.01. The van der Waals surface area contributed by atoms with E-state index in [2.05, 4.69) is 31.0 Å². The molecule has 0 bridgehead atoms. The van der Waals surface area contributed by atoms with Crippen molar-refractivity contribution in [3.8, 4) is 0 Å². The van der Waals surface area contributed by atoms with Gasteiger partial charge in [0.2, 0.25) is 0 Å². The minimum Gasteiger partial charge on any atom is -0.292 e. The second kappa shape index (κ2) is 4.66. The fraction of sp³-hybridized carbons (Fsp3) is 0.333. The largest absolute Gasteiger partial charge is 0.328 e. The number of hydrogen-bond donors (Lipinski definition) is 1.